The third-order valence-electron chi connectivity index (χ3n) is 6.49. The topological polar surface area (TPSA) is 83.7 Å². The highest BCUT2D eigenvalue weighted by Crippen LogP contribution is 2.35. The monoisotopic (exact) mass is 523 g/mol. The number of anilines is 1. The Hall–Kier alpha value is -3.01. The molecule has 0 bridgehead atoms. The van der Waals surface area contributed by atoms with E-state index in [0.717, 1.165) is 35.0 Å². The lowest BCUT2D eigenvalue weighted by atomic mass is 10.0. The predicted molar refractivity (Wildman–Crippen MR) is 142 cm³/mol. The highest BCUT2D eigenvalue weighted by Gasteiger charge is 2.27. The van der Waals surface area contributed by atoms with Crippen LogP contribution in [0.3, 0.4) is 0 Å². The van der Waals surface area contributed by atoms with E-state index in [1.54, 1.807) is 29.4 Å². The van der Waals surface area contributed by atoms with Crippen molar-refractivity contribution < 1.29 is 17.6 Å². The molecule has 2 aromatic heterocycles. The van der Waals surface area contributed by atoms with E-state index in [1.165, 1.54) is 27.8 Å². The summed E-state index contributed by atoms with van der Waals surface area (Å²) in [4.78, 5) is 20.4. The highest BCUT2D eigenvalue weighted by atomic mass is 32.2. The third-order valence-corrected chi connectivity index (χ3v) is 9.44. The van der Waals surface area contributed by atoms with Gasteiger partial charge >= 0.3 is 0 Å². The summed E-state index contributed by atoms with van der Waals surface area (Å²) in [5, 5.41) is 0.574. The lowest BCUT2D eigenvalue weighted by Gasteiger charge is -2.26. The molecule has 7 nitrogen and oxygen atoms in total. The Morgan fingerprint density at radius 3 is 2.47 bits per heavy atom. The number of amides is 1. The van der Waals surface area contributed by atoms with Gasteiger partial charge in [-0.1, -0.05) is 43.7 Å². The van der Waals surface area contributed by atoms with Gasteiger partial charge in [0.05, 0.1) is 27.9 Å². The van der Waals surface area contributed by atoms with Gasteiger partial charge in [0.15, 0.2) is 5.13 Å². The number of carbonyl (C=O) groups excluding carboxylic acids is 1. The number of nitrogens with zero attached hydrogens (tertiary/aromatic N) is 3. The van der Waals surface area contributed by atoms with Crippen LogP contribution in [0, 0.1) is 0 Å². The minimum absolute atomic E-state index is 0.208. The number of piperidine rings is 1. The SMILES string of the molecule is CC(C)c1cccc2sc(N(Cc3ccco3)C(=O)c3ccc(S(=O)(=O)N4CCCCC4)cc3)nc12. The van der Waals surface area contributed by atoms with Crippen LogP contribution in [0.1, 0.15) is 60.7 Å². The van der Waals surface area contributed by atoms with Crippen LogP contribution in [0.5, 0.6) is 0 Å². The van der Waals surface area contributed by atoms with Gasteiger partial charge in [-0.25, -0.2) is 13.4 Å². The van der Waals surface area contributed by atoms with Crippen molar-refractivity contribution in [1.29, 1.82) is 0 Å². The van der Waals surface area contributed by atoms with E-state index in [0.29, 0.717) is 35.5 Å². The molecule has 0 N–H and O–H groups in total. The predicted octanol–water partition coefficient (Wildman–Crippen LogP) is 6.03. The van der Waals surface area contributed by atoms with Crippen molar-refractivity contribution in [3.8, 4) is 0 Å². The van der Waals surface area contributed by atoms with Crippen molar-refractivity contribution >= 4 is 42.6 Å². The molecule has 1 aliphatic heterocycles. The van der Waals surface area contributed by atoms with Crippen LogP contribution < -0.4 is 4.90 Å². The first-order valence-electron chi connectivity index (χ1n) is 12.2. The molecule has 0 atom stereocenters. The number of fused-ring (bicyclic) bond motifs is 1. The molecule has 9 heteroatoms. The molecule has 4 aromatic rings. The van der Waals surface area contributed by atoms with E-state index >= 15 is 0 Å². The number of sulfonamides is 1. The van der Waals surface area contributed by atoms with Gasteiger partial charge in [0.1, 0.15) is 5.76 Å². The first-order valence-corrected chi connectivity index (χ1v) is 14.4. The molecular formula is C27H29N3O4S2. The molecule has 1 saturated heterocycles. The summed E-state index contributed by atoms with van der Waals surface area (Å²) in [5.74, 6) is 0.668. The van der Waals surface area contributed by atoms with Crippen molar-refractivity contribution in [2.24, 2.45) is 0 Å². The summed E-state index contributed by atoms with van der Waals surface area (Å²) in [6.45, 7) is 5.54. The van der Waals surface area contributed by atoms with Gasteiger partial charge in [0.2, 0.25) is 10.0 Å². The van der Waals surface area contributed by atoms with Crippen LogP contribution in [0.2, 0.25) is 0 Å². The zero-order valence-corrected chi connectivity index (χ0v) is 22.0. The fourth-order valence-electron chi connectivity index (χ4n) is 4.50. The molecular weight excluding hydrogens is 494 g/mol. The highest BCUT2D eigenvalue weighted by molar-refractivity contribution is 7.89. The maximum atomic E-state index is 13.7. The first kappa shape index (κ1) is 24.7. The van der Waals surface area contributed by atoms with Crippen molar-refractivity contribution in [2.45, 2.75) is 50.5 Å². The molecule has 1 aliphatic rings. The smallest absolute Gasteiger partial charge is 0.260 e. The number of thiazole rings is 1. The van der Waals surface area contributed by atoms with Gasteiger partial charge in [0.25, 0.3) is 5.91 Å². The molecule has 0 saturated carbocycles. The van der Waals surface area contributed by atoms with Crippen LogP contribution in [0.15, 0.2) is 70.2 Å². The summed E-state index contributed by atoms with van der Waals surface area (Å²) in [7, 11) is -3.57. The van der Waals surface area contributed by atoms with E-state index in [9.17, 15) is 13.2 Å². The summed E-state index contributed by atoms with van der Waals surface area (Å²) < 4.78 is 34.1. The van der Waals surface area contributed by atoms with Crippen LogP contribution in [0.4, 0.5) is 5.13 Å². The summed E-state index contributed by atoms with van der Waals surface area (Å²) in [6.07, 6.45) is 4.37. The second-order valence-electron chi connectivity index (χ2n) is 9.30. The Morgan fingerprint density at radius 1 is 1.06 bits per heavy atom. The Kier molecular flexibility index (Phi) is 6.96. The largest absolute Gasteiger partial charge is 0.467 e. The number of aromatic nitrogens is 1. The number of para-hydroxylation sites is 1. The maximum absolute atomic E-state index is 13.7. The Bertz CT molecular complexity index is 1450. The normalized spacial score (nSPS) is 15.0. The molecule has 188 valence electrons. The number of carbonyl (C=O) groups is 1. The van der Waals surface area contributed by atoms with Crippen molar-refractivity contribution in [2.75, 3.05) is 18.0 Å². The Labute approximate surface area is 215 Å². The van der Waals surface area contributed by atoms with E-state index in [2.05, 4.69) is 19.9 Å². The van der Waals surface area contributed by atoms with Gasteiger partial charge in [-0.3, -0.25) is 9.69 Å². The zero-order valence-electron chi connectivity index (χ0n) is 20.4. The number of furan rings is 1. The average molecular weight is 524 g/mol. The van der Waals surface area contributed by atoms with E-state index in [1.807, 2.05) is 18.2 Å². The molecule has 2 aromatic carbocycles. The summed E-state index contributed by atoms with van der Waals surface area (Å²) >= 11 is 1.46. The fourth-order valence-corrected chi connectivity index (χ4v) is 7.02. The quantitative estimate of drug-likeness (QED) is 0.295. The molecule has 0 radical (unpaired) electrons. The fraction of sp³-hybridized carbons (Fsp3) is 0.333. The number of hydrogen-bond donors (Lipinski definition) is 0. The second kappa shape index (κ2) is 10.2. The van der Waals surface area contributed by atoms with Gasteiger partial charge in [-0.05, 0) is 66.8 Å². The minimum atomic E-state index is -3.57. The molecule has 0 unspecified atom stereocenters. The van der Waals surface area contributed by atoms with Gasteiger partial charge < -0.3 is 4.42 Å². The minimum Gasteiger partial charge on any atom is -0.467 e. The Balaban J connectivity index is 1.48. The van der Waals surface area contributed by atoms with Crippen LogP contribution >= 0.6 is 11.3 Å². The molecule has 1 fully saturated rings. The number of rotatable bonds is 7. The number of benzene rings is 2. The van der Waals surface area contributed by atoms with Crippen LogP contribution in [-0.4, -0.2) is 36.7 Å². The molecule has 0 aliphatic carbocycles. The second-order valence-corrected chi connectivity index (χ2v) is 12.3. The van der Waals surface area contributed by atoms with Crippen molar-refractivity contribution in [3.05, 3.63) is 77.7 Å². The number of hydrogen-bond acceptors (Lipinski definition) is 6. The van der Waals surface area contributed by atoms with Crippen molar-refractivity contribution in [3.63, 3.8) is 0 Å². The first-order chi connectivity index (χ1) is 17.3. The third kappa shape index (κ3) is 4.83. The molecule has 36 heavy (non-hydrogen) atoms. The molecule has 3 heterocycles. The molecule has 0 spiro atoms. The molecule has 1 amide bonds. The lowest BCUT2D eigenvalue weighted by molar-refractivity contribution is 0.0983. The lowest BCUT2D eigenvalue weighted by Crippen LogP contribution is -2.35. The zero-order chi connectivity index (χ0) is 25.3. The van der Waals surface area contributed by atoms with E-state index < -0.39 is 10.0 Å². The van der Waals surface area contributed by atoms with E-state index in [-0.39, 0.29) is 17.3 Å². The van der Waals surface area contributed by atoms with Crippen molar-refractivity contribution in [1.82, 2.24) is 9.29 Å². The van der Waals surface area contributed by atoms with Crippen LogP contribution in [-0.2, 0) is 16.6 Å². The van der Waals surface area contributed by atoms with E-state index in [4.69, 9.17) is 9.40 Å². The van der Waals surface area contributed by atoms with Gasteiger partial charge in [0, 0.05) is 18.7 Å². The Morgan fingerprint density at radius 2 is 1.81 bits per heavy atom. The average Bonchev–Trinajstić information content (AvgIpc) is 3.57. The van der Waals surface area contributed by atoms with Gasteiger partial charge in [-0.15, -0.1) is 0 Å². The molecule has 5 rings (SSSR count). The maximum Gasteiger partial charge on any atom is 0.260 e. The summed E-state index contributed by atoms with van der Waals surface area (Å²) in [5.41, 5.74) is 2.42. The standard InChI is InChI=1S/C27H29N3O4S2/c1-19(2)23-9-6-10-24-25(23)28-27(35-24)30(18-21-8-7-17-34-21)26(31)20-11-13-22(14-12-20)36(32,33)29-15-4-3-5-16-29/h6-14,17,19H,3-5,15-16,18H2,1-2H3. The van der Waals surface area contributed by atoms with Crippen LogP contribution in [0.25, 0.3) is 10.2 Å². The summed E-state index contributed by atoms with van der Waals surface area (Å²) in [6, 6.07) is 15.9. The van der Waals surface area contributed by atoms with Gasteiger partial charge in [-0.2, -0.15) is 4.31 Å².